The first-order valence-electron chi connectivity index (χ1n) is 7.08. The highest BCUT2D eigenvalue weighted by atomic mass is 19.1. The average Bonchev–Trinajstić information content (AvgIpc) is 2.48. The van der Waals surface area contributed by atoms with Crippen molar-refractivity contribution >= 4 is 12.0 Å². The maximum Gasteiger partial charge on any atom is 0.246 e. The van der Waals surface area contributed by atoms with Crippen LogP contribution in [0.25, 0.3) is 6.08 Å². The maximum atomic E-state index is 12.8. The van der Waals surface area contributed by atoms with Crippen LogP contribution in [-0.2, 0) is 4.79 Å². The van der Waals surface area contributed by atoms with Gasteiger partial charge in [-0.1, -0.05) is 12.1 Å². The van der Waals surface area contributed by atoms with Crippen LogP contribution in [0, 0.1) is 11.7 Å². The summed E-state index contributed by atoms with van der Waals surface area (Å²) in [4.78, 5) is 12.0. The van der Waals surface area contributed by atoms with Crippen molar-refractivity contribution < 1.29 is 9.18 Å². The second kappa shape index (κ2) is 7.20. The summed E-state index contributed by atoms with van der Waals surface area (Å²) < 4.78 is 12.8. The van der Waals surface area contributed by atoms with E-state index in [1.165, 1.54) is 18.6 Å². The summed E-state index contributed by atoms with van der Waals surface area (Å²) in [6.45, 7) is 4.53. The molecule has 1 amide bonds. The summed E-state index contributed by atoms with van der Waals surface area (Å²) in [5, 5.41) is 6.29. The standard InChI is InChI=1S/C16H21FN2O/c1-12(9-13-4-6-15(17)7-5-13)16(20)19-11-14-3-2-8-18-10-14/h4-7,9,14,18H,2-3,8,10-11H2,1H3,(H,19,20)/b12-9+/t14-/m1/s1. The van der Waals surface area contributed by atoms with Crippen LogP contribution in [0.1, 0.15) is 25.3 Å². The minimum absolute atomic E-state index is 0.0556. The molecular weight excluding hydrogens is 255 g/mol. The molecule has 0 spiro atoms. The predicted octanol–water partition coefficient (Wildman–Crippen LogP) is 2.34. The van der Waals surface area contributed by atoms with Gasteiger partial charge in [0.15, 0.2) is 0 Å². The van der Waals surface area contributed by atoms with Crippen molar-refractivity contribution in [2.45, 2.75) is 19.8 Å². The number of nitrogens with one attached hydrogen (secondary N) is 2. The van der Waals surface area contributed by atoms with Crippen molar-refractivity contribution in [3.8, 4) is 0 Å². The van der Waals surface area contributed by atoms with E-state index in [1.807, 2.05) is 0 Å². The van der Waals surface area contributed by atoms with Crippen LogP contribution in [0.3, 0.4) is 0 Å². The fourth-order valence-corrected chi connectivity index (χ4v) is 2.35. The highest BCUT2D eigenvalue weighted by Gasteiger charge is 2.14. The first-order valence-corrected chi connectivity index (χ1v) is 7.08. The van der Waals surface area contributed by atoms with Crippen LogP contribution in [0.4, 0.5) is 4.39 Å². The SMILES string of the molecule is C/C(=C\c1ccc(F)cc1)C(=O)NC[C@@H]1CCCNC1. The smallest absolute Gasteiger partial charge is 0.246 e. The first-order chi connectivity index (χ1) is 9.65. The van der Waals surface area contributed by atoms with Crippen molar-refractivity contribution in [2.24, 2.45) is 5.92 Å². The molecule has 2 N–H and O–H groups in total. The monoisotopic (exact) mass is 276 g/mol. The van der Waals surface area contributed by atoms with E-state index >= 15 is 0 Å². The number of piperidine rings is 1. The van der Waals surface area contributed by atoms with E-state index in [2.05, 4.69) is 10.6 Å². The summed E-state index contributed by atoms with van der Waals surface area (Å²) in [6.07, 6.45) is 4.10. The van der Waals surface area contributed by atoms with Crippen LogP contribution < -0.4 is 10.6 Å². The van der Waals surface area contributed by atoms with Crippen LogP contribution in [0.2, 0.25) is 0 Å². The van der Waals surface area contributed by atoms with Crippen molar-refractivity contribution in [1.82, 2.24) is 10.6 Å². The Balaban J connectivity index is 1.86. The zero-order chi connectivity index (χ0) is 14.4. The summed E-state index contributed by atoms with van der Waals surface area (Å²) in [7, 11) is 0. The number of hydrogen-bond donors (Lipinski definition) is 2. The molecule has 20 heavy (non-hydrogen) atoms. The lowest BCUT2D eigenvalue weighted by Gasteiger charge is -2.22. The Labute approximate surface area is 119 Å². The number of carbonyl (C=O) groups is 1. The lowest BCUT2D eigenvalue weighted by Crippen LogP contribution is -2.38. The van der Waals surface area contributed by atoms with Crippen molar-refractivity contribution in [3.05, 3.63) is 41.2 Å². The third kappa shape index (κ3) is 4.46. The molecule has 4 heteroatoms. The van der Waals surface area contributed by atoms with Gasteiger partial charge >= 0.3 is 0 Å². The van der Waals surface area contributed by atoms with Gasteiger partial charge in [0.1, 0.15) is 5.82 Å². The molecule has 0 unspecified atom stereocenters. The molecule has 0 saturated carbocycles. The van der Waals surface area contributed by atoms with E-state index in [4.69, 9.17) is 0 Å². The third-order valence-electron chi connectivity index (χ3n) is 3.56. The van der Waals surface area contributed by atoms with Crippen LogP contribution >= 0.6 is 0 Å². The van der Waals surface area contributed by atoms with E-state index in [-0.39, 0.29) is 11.7 Å². The van der Waals surface area contributed by atoms with Gasteiger partial charge in [0.05, 0.1) is 0 Å². The summed E-state index contributed by atoms with van der Waals surface area (Å²) in [5.41, 5.74) is 1.47. The molecule has 2 rings (SSSR count). The molecule has 0 bridgehead atoms. The van der Waals surface area contributed by atoms with E-state index in [1.54, 1.807) is 25.1 Å². The molecule has 3 nitrogen and oxygen atoms in total. The molecule has 1 heterocycles. The number of hydrogen-bond acceptors (Lipinski definition) is 2. The largest absolute Gasteiger partial charge is 0.352 e. The number of halogens is 1. The molecule has 1 saturated heterocycles. The van der Waals surface area contributed by atoms with E-state index < -0.39 is 0 Å². The Kier molecular flexibility index (Phi) is 5.30. The Bertz CT molecular complexity index is 476. The maximum absolute atomic E-state index is 12.8. The molecule has 0 aromatic heterocycles. The molecule has 1 atom stereocenters. The number of carbonyl (C=O) groups excluding carboxylic acids is 1. The van der Waals surface area contributed by atoms with Gasteiger partial charge in [0.25, 0.3) is 0 Å². The van der Waals surface area contributed by atoms with Gasteiger partial charge < -0.3 is 10.6 Å². The van der Waals surface area contributed by atoms with Crippen molar-refractivity contribution in [3.63, 3.8) is 0 Å². The van der Waals surface area contributed by atoms with E-state index in [0.29, 0.717) is 18.0 Å². The van der Waals surface area contributed by atoms with Gasteiger partial charge in [-0.25, -0.2) is 4.39 Å². The Morgan fingerprint density at radius 1 is 1.45 bits per heavy atom. The van der Waals surface area contributed by atoms with Crippen molar-refractivity contribution in [2.75, 3.05) is 19.6 Å². The van der Waals surface area contributed by atoms with Gasteiger partial charge in [-0.2, -0.15) is 0 Å². The summed E-state index contributed by atoms with van der Waals surface area (Å²) in [6, 6.07) is 6.11. The lowest BCUT2D eigenvalue weighted by atomic mass is 9.99. The average molecular weight is 276 g/mol. The fraction of sp³-hybridized carbons (Fsp3) is 0.438. The number of benzene rings is 1. The second-order valence-corrected chi connectivity index (χ2v) is 5.30. The molecule has 0 radical (unpaired) electrons. The summed E-state index contributed by atoms with van der Waals surface area (Å²) in [5.74, 6) is 0.195. The second-order valence-electron chi connectivity index (χ2n) is 5.30. The van der Waals surface area contributed by atoms with Crippen LogP contribution in [0.5, 0.6) is 0 Å². The zero-order valence-corrected chi connectivity index (χ0v) is 11.8. The minimum Gasteiger partial charge on any atom is -0.352 e. The molecule has 0 aliphatic carbocycles. The van der Waals surface area contributed by atoms with Gasteiger partial charge in [-0.15, -0.1) is 0 Å². The number of amides is 1. The Morgan fingerprint density at radius 3 is 2.85 bits per heavy atom. The van der Waals surface area contributed by atoms with Crippen molar-refractivity contribution in [1.29, 1.82) is 0 Å². The third-order valence-corrected chi connectivity index (χ3v) is 3.56. The molecule has 1 aromatic carbocycles. The predicted molar refractivity (Wildman–Crippen MR) is 78.7 cm³/mol. The summed E-state index contributed by atoms with van der Waals surface area (Å²) >= 11 is 0. The topological polar surface area (TPSA) is 41.1 Å². The van der Waals surface area contributed by atoms with Gasteiger partial charge in [-0.3, -0.25) is 4.79 Å². The van der Waals surface area contributed by atoms with Crippen LogP contribution in [-0.4, -0.2) is 25.5 Å². The number of rotatable bonds is 4. The molecule has 1 aromatic rings. The normalized spacial score (nSPS) is 19.7. The fourth-order valence-electron chi connectivity index (χ4n) is 2.35. The van der Waals surface area contributed by atoms with Gasteiger partial charge in [-0.05, 0) is 62.5 Å². The molecule has 1 aliphatic rings. The molecule has 108 valence electrons. The molecule has 1 aliphatic heterocycles. The Morgan fingerprint density at radius 2 is 2.20 bits per heavy atom. The minimum atomic E-state index is -0.269. The van der Waals surface area contributed by atoms with Gasteiger partial charge in [0.2, 0.25) is 5.91 Å². The van der Waals surface area contributed by atoms with E-state index in [0.717, 1.165) is 25.1 Å². The highest BCUT2D eigenvalue weighted by Crippen LogP contribution is 2.10. The quantitative estimate of drug-likeness (QED) is 0.829. The van der Waals surface area contributed by atoms with Gasteiger partial charge in [0, 0.05) is 12.1 Å². The highest BCUT2D eigenvalue weighted by molar-refractivity contribution is 5.97. The lowest BCUT2D eigenvalue weighted by molar-refractivity contribution is -0.117. The molecular formula is C16H21FN2O. The first kappa shape index (κ1) is 14.7. The molecule has 1 fully saturated rings. The van der Waals surface area contributed by atoms with E-state index in [9.17, 15) is 9.18 Å². The van der Waals surface area contributed by atoms with Crippen LogP contribution in [0.15, 0.2) is 29.8 Å². The zero-order valence-electron chi connectivity index (χ0n) is 11.8. The Hall–Kier alpha value is -1.68.